The molecule has 40 heavy (non-hydrogen) atoms. The van der Waals surface area contributed by atoms with E-state index in [-0.39, 0.29) is 12.4 Å². The van der Waals surface area contributed by atoms with E-state index in [1.807, 2.05) is 80.7 Å². The van der Waals surface area contributed by atoms with Crippen LogP contribution in [0.5, 0.6) is 17.4 Å². The Balaban J connectivity index is 1.44. The number of hydrogen-bond acceptors (Lipinski definition) is 6. The lowest BCUT2D eigenvalue weighted by Gasteiger charge is -2.25. The van der Waals surface area contributed by atoms with Gasteiger partial charge in [0.25, 0.3) is 0 Å². The van der Waals surface area contributed by atoms with Crippen molar-refractivity contribution in [2.75, 3.05) is 13.2 Å². The van der Waals surface area contributed by atoms with Gasteiger partial charge in [0.1, 0.15) is 41.5 Å². The van der Waals surface area contributed by atoms with E-state index in [1.165, 1.54) is 12.1 Å². The third-order valence-corrected chi connectivity index (χ3v) is 6.50. The van der Waals surface area contributed by atoms with Crippen LogP contribution in [0.2, 0.25) is 0 Å². The highest BCUT2D eigenvalue weighted by molar-refractivity contribution is 5.65. The number of aryl methyl sites for hydroxylation is 2. The van der Waals surface area contributed by atoms with Gasteiger partial charge in [0.05, 0.1) is 18.4 Å². The van der Waals surface area contributed by atoms with Gasteiger partial charge in [-0.05, 0) is 55.0 Å². The van der Waals surface area contributed by atoms with E-state index in [9.17, 15) is 9.50 Å². The van der Waals surface area contributed by atoms with Crippen LogP contribution in [0.25, 0.3) is 11.3 Å². The fourth-order valence-electron chi connectivity index (χ4n) is 4.55. The van der Waals surface area contributed by atoms with Crippen molar-refractivity contribution in [3.8, 4) is 28.6 Å². The number of benzene rings is 3. The average molecular weight is 542 g/mol. The molecule has 3 aromatic carbocycles. The third-order valence-electron chi connectivity index (χ3n) is 6.50. The van der Waals surface area contributed by atoms with Crippen molar-refractivity contribution < 1.29 is 23.4 Å². The van der Waals surface area contributed by atoms with Crippen LogP contribution in [-0.2, 0) is 20.1 Å². The molecule has 5 aromatic rings. The molecular formula is C32H32FN3O4. The first-order valence-electron chi connectivity index (χ1n) is 13.1. The quantitative estimate of drug-likeness (QED) is 0.198. The average Bonchev–Trinajstić information content (AvgIpc) is 3.58. The Morgan fingerprint density at radius 3 is 2.42 bits per heavy atom. The lowest BCUT2D eigenvalue weighted by molar-refractivity contribution is 0.0600. The molecule has 2 heterocycles. The molecule has 0 amide bonds. The summed E-state index contributed by atoms with van der Waals surface area (Å²) in [6.45, 7) is 3.27. The summed E-state index contributed by atoms with van der Waals surface area (Å²) in [6, 6.07) is 27.2. The van der Waals surface area contributed by atoms with E-state index >= 15 is 0 Å². The summed E-state index contributed by atoms with van der Waals surface area (Å²) in [4.78, 5) is 2.08. The summed E-state index contributed by atoms with van der Waals surface area (Å²) in [5.41, 5.74) is 3.53. The first kappa shape index (κ1) is 27.2. The minimum absolute atomic E-state index is 0.136. The number of furan rings is 1. The van der Waals surface area contributed by atoms with Crippen LogP contribution >= 0.6 is 0 Å². The molecule has 0 bridgehead atoms. The van der Waals surface area contributed by atoms with Crippen molar-refractivity contribution in [2.24, 2.45) is 7.05 Å². The predicted octanol–water partition coefficient (Wildman–Crippen LogP) is 6.36. The monoisotopic (exact) mass is 541 g/mol. The molecule has 5 rings (SSSR count). The van der Waals surface area contributed by atoms with Gasteiger partial charge in [0, 0.05) is 25.7 Å². The van der Waals surface area contributed by atoms with Crippen molar-refractivity contribution in [3.63, 3.8) is 0 Å². The zero-order valence-corrected chi connectivity index (χ0v) is 22.5. The second kappa shape index (κ2) is 12.6. The van der Waals surface area contributed by atoms with Crippen LogP contribution < -0.4 is 9.47 Å². The smallest absolute Gasteiger partial charge is 0.222 e. The molecule has 7 nitrogen and oxygen atoms in total. The van der Waals surface area contributed by atoms with Crippen LogP contribution in [0.15, 0.2) is 102 Å². The fourth-order valence-corrected chi connectivity index (χ4v) is 4.55. The summed E-state index contributed by atoms with van der Waals surface area (Å²) in [5.74, 6) is 2.19. The molecule has 206 valence electrons. The number of para-hydroxylation sites is 1. The molecule has 0 saturated carbocycles. The number of rotatable bonds is 12. The molecule has 8 heteroatoms. The lowest BCUT2D eigenvalue weighted by atomic mass is 10.1. The Bertz CT molecular complexity index is 1500. The zero-order chi connectivity index (χ0) is 27.9. The summed E-state index contributed by atoms with van der Waals surface area (Å²) in [7, 11) is 1.82. The van der Waals surface area contributed by atoms with Crippen molar-refractivity contribution in [2.45, 2.75) is 26.1 Å². The van der Waals surface area contributed by atoms with E-state index in [0.29, 0.717) is 31.3 Å². The molecule has 0 spiro atoms. The highest BCUT2D eigenvalue weighted by atomic mass is 19.1. The van der Waals surface area contributed by atoms with Gasteiger partial charge in [0.2, 0.25) is 5.88 Å². The van der Waals surface area contributed by atoms with Crippen LogP contribution in [0.4, 0.5) is 4.39 Å². The lowest BCUT2D eigenvalue weighted by Crippen LogP contribution is -2.35. The second-order valence-electron chi connectivity index (χ2n) is 9.66. The molecule has 0 unspecified atom stereocenters. The van der Waals surface area contributed by atoms with Crippen LogP contribution in [0, 0.1) is 12.7 Å². The minimum atomic E-state index is -0.770. The molecule has 0 aliphatic heterocycles. The number of aliphatic hydroxyl groups excluding tert-OH is 1. The predicted molar refractivity (Wildman–Crippen MR) is 151 cm³/mol. The SMILES string of the molecule is Cc1ccccc1OC[C@@H](O)CN(Cc1ccco1)Cc1c(-c2ccccc2)nn(C)c1Oc1ccc(F)cc1. The van der Waals surface area contributed by atoms with Gasteiger partial charge in [-0.1, -0.05) is 48.5 Å². The Hall–Kier alpha value is -4.40. The Morgan fingerprint density at radius 2 is 1.70 bits per heavy atom. The summed E-state index contributed by atoms with van der Waals surface area (Å²) in [6.07, 6.45) is 0.862. The van der Waals surface area contributed by atoms with Gasteiger partial charge < -0.3 is 19.0 Å². The summed E-state index contributed by atoms with van der Waals surface area (Å²) in [5, 5.41) is 15.8. The highest BCUT2D eigenvalue weighted by Gasteiger charge is 2.24. The third kappa shape index (κ3) is 6.77. The molecule has 0 aliphatic carbocycles. The molecule has 2 aromatic heterocycles. The first-order chi connectivity index (χ1) is 19.5. The van der Waals surface area contributed by atoms with E-state index in [4.69, 9.17) is 19.0 Å². The van der Waals surface area contributed by atoms with Crippen molar-refractivity contribution in [1.29, 1.82) is 0 Å². The number of aliphatic hydroxyl groups is 1. The second-order valence-corrected chi connectivity index (χ2v) is 9.66. The molecular weight excluding hydrogens is 509 g/mol. The largest absolute Gasteiger partial charge is 0.491 e. The molecule has 0 saturated heterocycles. The van der Waals surface area contributed by atoms with Crippen molar-refractivity contribution in [3.05, 3.63) is 120 Å². The number of aromatic nitrogens is 2. The van der Waals surface area contributed by atoms with Gasteiger partial charge in [-0.2, -0.15) is 5.10 Å². The van der Waals surface area contributed by atoms with Crippen molar-refractivity contribution >= 4 is 0 Å². The van der Waals surface area contributed by atoms with E-state index in [1.54, 1.807) is 23.1 Å². The van der Waals surface area contributed by atoms with Gasteiger partial charge in [0.15, 0.2) is 0 Å². The zero-order valence-electron chi connectivity index (χ0n) is 22.5. The maximum Gasteiger partial charge on any atom is 0.222 e. The first-order valence-corrected chi connectivity index (χ1v) is 13.1. The Morgan fingerprint density at radius 1 is 0.950 bits per heavy atom. The maximum absolute atomic E-state index is 13.6. The highest BCUT2D eigenvalue weighted by Crippen LogP contribution is 2.34. The van der Waals surface area contributed by atoms with E-state index < -0.39 is 6.10 Å². The fraction of sp³-hybridized carbons (Fsp3) is 0.219. The Labute approximate surface area is 233 Å². The molecule has 0 fully saturated rings. The summed E-state index contributed by atoms with van der Waals surface area (Å²) >= 11 is 0. The van der Waals surface area contributed by atoms with Gasteiger partial charge in [-0.3, -0.25) is 4.90 Å². The number of halogens is 1. The van der Waals surface area contributed by atoms with E-state index in [2.05, 4.69) is 4.90 Å². The number of ether oxygens (including phenoxy) is 2. The van der Waals surface area contributed by atoms with Gasteiger partial charge in [-0.25, -0.2) is 9.07 Å². The number of nitrogens with zero attached hydrogens (tertiary/aromatic N) is 3. The van der Waals surface area contributed by atoms with Crippen LogP contribution in [0.1, 0.15) is 16.9 Å². The van der Waals surface area contributed by atoms with Crippen LogP contribution in [-0.4, -0.2) is 39.0 Å². The minimum Gasteiger partial charge on any atom is -0.491 e. The topological polar surface area (TPSA) is 72.9 Å². The standard InChI is InChI=1S/C32H32FN3O4/c1-23-9-6-7-13-30(23)39-22-26(37)19-36(20-28-12-8-18-38-28)21-29-31(24-10-4-3-5-11-24)34-35(2)32(29)40-27-16-14-25(33)15-17-27/h3-18,26,37H,19-22H2,1-2H3/t26-/m0/s1. The van der Waals surface area contributed by atoms with Gasteiger partial charge in [-0.15, -0.1) is 0 Å². The molecule has 1 N–H and O–H groups in total. The molecule has 0 aliphatic rings. The summed E-state index contributed by atoms with van der Waals surface area (Å²) < 4.78 is 33.1. The Kier molecular flexibility index (Phi) is 8.59. The maximum atomic E-state index is 13.6. The van der Waals surface area contributed by atoms with Crippen LogP contribution in [0.3, 0.4) is 0 Å². The van der Waals surface area contributed by atoms with E-state index in [0.717, 1.165) is 33.9 Å². The number of hydrogen-bond donors (Lipinski definition) is 1. The van der Waals surface area contributed by atoms with Gasteiger partial charge >= 0.3 is 0 Å². The normalized spacial score (nSPS) is 12.0. The van der Waals surface area contributed by atoms with Crippen molar-refractivity contribution in [1.82, 2.24) is 14.7 Å². The molecule has 1 atom stereocenters. The molecule has 0 radical (unpaired) electrons.